The van der Waals surface area contributed by atoms with E-state index < -0.39 is 17.2 Å². The first-order chi connectivity index (χ1) is 13.5. The van der Waals surface area contributed by atoms with Gasteiger partial charge in [0.1, 0.15) is 11.6 Å². The number of rotatable bonds is 5. The molecular weight excluding hydrogens is 360 g/mol. The minimum Gasteiger partial charge on any atom is -0.384 e. The summed E-state index contributed by atoms with van der Waals surface area (Å²) in [6.07, 6.45) is 4.34. The highest BCUT2D eigenvalue weighted by Gasteiger charge is 2.45. The fraction of sp³-hybridized carbons (Fsp3) is 0.227. The highest BCUT2D eigenvalue weighted by molar-refractivity contribution is 5.82. The van der Waals surface area contributed by atoms with Gasteiger partial charge >= 0.3 is 6.03 Å². The summed E-state index contributed by atoms with van der Waals surface area (Å²) in [4.78, 5) is 14.0. The van der Waals surface area contributed by atoms with Crippen LogP contribution in [0, 0.1) is 11.6 Å². The molecule has 1 heterocycles. The summed E-state index contributed by atoms with van der Waals surface area (Å²) in [6, 6.07) is 13.4. The Morgan fingerprint density at radius 2 is 1.79 bits per heavy atom. The van der Waals surface area contributed by atoms with Crippen LogP contribution in [0.15, 0.2) is 72.1 Å². The minimum atomic E-state index is -0.654. The van der Waals surface area contributed by atoms with Crippen molar-refractivity contribution in [2.24, 2.45) is 0 Å². The topological polar surface area (TPSA) is 44.4 Å². The summed E-state index contributed by atoms with van der Waals surface area (Å²) in [6.45, 7) is 2.46. The van der Waals surface area contributed by atoms with Crippen LogP contribution in [0.2, 0.25) is 0 Å². The molecular formula is C22H21F2N3O. The zero-order valence-electron chi connectivity index (χ0n) is 15.5. The van der Waals surface area contributed by atoms with Gasteiger partial charge in [0.2, 0.25) is 0 Å². The van der Waals surface area contributed by atoms with Crippen molar-refractivity contribution in [3.8, 4) is 0 Å². The van der Waals surface area contributed by atoms with Gasteiger partial charge < -0.3 is 10.6 Å². The molecule has 0 spiro atoms. The molecule has 2 aromatic carbocycles. The molecule has 6 heteroatoms. The number of nitrogens with zero attached hydrogens (tertiary/aromatic N) is 1. The van der Waals surface area contributed by atoms with Crippen LogP contribution in [0.4, 0.5) is 13.6 Å². The van der Waals surface area contributed by atoms with Crippen LogP contribution in [-0.2, 0) is 13.1 Å². The number of benzene rings is 2. The lowest BCUT2D eigenvalue weighted by molar-refractivity contribution is 0.220. The van der Waals surface area contributed by atoms with Crippen LogP contribution in [0.25, 0.3) is 0 Å². The number of hydrogen-bond acceptors (Lipinski definition) is 2. The van der Waals surface area contributed by atoms with Crippen molar-refractivity contribution in [1.82, 2.24) is 15.5 Å². The zero-order chi connectivity index (χ0) is 19.7. The average Bonchev–Trinajstić information content (AvgIpc) is 2.92. The van der Waals surface area contributed by atoms with Gasteiger partial charge in [-0.05, 0) is 36.8 Å². The first-order valence-corrected chi connectivity index (χ1v) is 9.18. The van der Waals surface area contributed by atoms with Crippen LogP contribution in [0.5, 0.6) is 0 Å². The fourth-order valence-corrected chi connectivity index (χ4v) is 3.73. The van der Waals surface area contributed by atoms with E-state index in [2.05, 4.69) is 10.6 Å². The Morgan fingerprint density at radius 3 is 2.50 bits per heavy atom. The van der Waals surface area contributed by atoms with Crippen molar-refractivity contribution in [2.75, 3.05) is 0 Å². The molecule has 0 bridgehead atoms. The Morgan fingerprint density at radius 1 is 1.07 bits per heavy atom. The largest absolute Gasteiger partial charge is 0.384 e. The maximum Gasteiger partial charge on any atom is 0.322 e. The van der Waals surface area contributed by atoms with Gasteiger partial charge in [-0.2, -0.15) is 0 Å². The summed E-state index contributed by atoms with van der Waals surface area (Å²) < 4.78 is 28.1. The van der Waals surface area contributed by atoms with Crippen LogP contribution in [0.3, 0.4) is 0 Å². The highest BCUT2D eigenvalue weighted by Crippen LogP contribution is 2.37. The molecule has 2 amide bonds. The van der Waals surface area contributed by atoms with E-state index in [1.54, 1.807) is 0 Å². The predicted octanol–water partition coefficient (Wildman–Crippen LogP) is 4.21. The second-order valence-corrected chi connectivity index (χ2v) is 7.31. The van der Waals surface area contributed by atoms with Gasteiger partial charge in [-0.3, -0.25) is 4.90 Å². The molecule has 4 nitrogen and oxygen atoms in total. The molecule has 28 heavy (non-hydrogen) atoms. The van der Waals surface area contributed by atoms with E-state index in [0.717, 1.165) is 11.3 Å². The Balaban J connectivity index is 1.54. The number of nitrogens with one attached hydrogen (secondary N) is 2. The van der Waals surface area contributed by atoms with Crippen molar-refractivity contribution in [1.29, 1.82) is 0 Å². The van der Waals surface area contributed by atoms with Crippen LogP contribution in [-0.4, -0.2) is 16.5 Å². The Labute approximate surface area is 162 Å². The summed E-state index contributed by atoms with van der Waals surface area (Å²) in [5, 5.41) is 6.36. The normalized spacial score (nSPS) is 21.0. The van der Waals surface area contributed by atoms with E-state index in [0.29, 0.717) is 18.7 Å². The first-order valence-electron chi connectivity index (χ1n) is 9.18. The van der Waals surface area contributed by atoms with Gasteiger partial charge in [0.05, 0.1) is 12.1 Å². The van der Waals surface area contributed by atoms with E-state index in [1.165, 1.54) is 23.1 Å². The van der Waals surface area contributed by atoms with Gasteiger partial charge in [0.15, 0.2) is 0 Å². The van der Waals surface area contributed by atoms with Crippen molar-refractivity contribution in [3.05, 3.63) is 94.8 Å². The molecule has 1 fully saturated rings. The fourth-order valence-electron chi connectivity index (χ4n) is 3.73. The van der Waals surface area contributed by atoms with Crippen molar-refractivity contribution < 1.29 is 13.6 Å². The molecule has 1 atom stereocenters. The monoisotopic (exact) mass is 381 g/mol. The number of allylic oxidation sites excluding steroid dienone is 2. The highest BCUT2D eigenvalue weighted by atomic mass is 19.1. The molecule has 144 valence electrons. The van der Waals surface area contributed by atoms with Gasteiger partial charge in [-0.15, -0.1) is 0 Å². The Hall–Kier alpha value is -3.15. The molecule has 2 aromatic rings. The molecule has 4 rings (SSSR count). The minimum absolute atomic E-state index is 0.111. The lowest BCUT2D eigenvalue weighted by atomic mass is 9.88. The van der Waals surface area contributed by atoms with Crippen LogP contribution >= 0.6 is 0 Å². The Kier molecular flexibility index (Phi) is 4.63. The van der Waals surface area contributed by atoms with E-state index in [-0.39, 0.29) is 18.1 Å². The molecule has 2 aliphatic rings. The van der Waals surface area contributed by atoms with Crippen LogP contribution < -0.4 is 10.6 Å². The predicted molar refractivity (Wildman–Crippen MR) is 103 cm³/mol. The number of carbonyl (C=O) groups is 1. The van der Waals surface area contributed by atoms with Gasteiger partial charge in [-0.1, -0.05) is 36.4 Å². The third-order valence-corrected chi connectivity index (χ3v) is 5.21. The summed E-state index contributed by atoms with van der Waals surface area (Å²) in [5.41, 5.74) is 2.14. The second kappa shape index (κ2) is 7.11. The molecule has 1 unspecified atom stereocenters. The summed E-state index contributed by atoms with van der Waals surface area (Å²) >= 11 is 0. The van der Waals surface area contributed by atoms with Crippen molar-refractivity contribution in [3.63, 3.8) is 0 Å². The molecule has 0 radical (unpaired) electrons. The number of fused-ring (bicyclic) bond motifs is 1. The van der Waals surface area contributed by atoms with Gasteiger partial charge in [0, 0.05) is 29.9 Å². The third-order valence-electron chi connectivity index (χ3n) is 5.21. The lowest BCUT2D eigenvalue weighted by Crippen LogP contribution is -2.42. The quantitative estimate of drug-likeness (QED) is 0.815. The first kappa shape index (κ1) is 18.2. The number of carbonyl (C=O) groups excluding carboxylic acids is 1. The van der Waals surface area contributed by atoms with Gasteiger partial charge in [-0.25, -0.2) is 13.6 Å². The van der Waals surface area contributed by atoms with Crippen molar-refractivity contribution >= 4 is 6.03 Å². The molecule has 1 saturated heterocycles. The van der Waals surface area contributed by atoms with E-state index >= 15 is 0 Å². The lowest BCUT2D eigenvalue weighted by Gasteiger charge is -2.31. The number of hydrogen-bond donors (Lipinski definition) is 2. The standard InChI is InChI=1S/C22H21F2N3O/c1-22-12-16(25-13-15-6-3-2-4-7-15)10-11-20(22)27(21(28)26-22)14-17-18(23)8-5-9-19(17)24/h2-11,25H,12-14H2,1H3,(H,26,28). The molecule has 1 aliphatic carbocycles. The summed E-state index contributed by atoms with van der Waals surface area (Å²) in [7, 11) is 0. The zero-order valence-corrected chi connectivity index (χ0v) is 15.5. The SMILES string of the molecule is CC12CC(NCc3ccccc3)=CC=C1N(Cc1c(F)cccc1F)C(=O)N2. The average molecular weight is 381 g/mol. The van der Waals surface area contributed by atoms with Crippen molar-refractivity contribution in [2.45, 2.75) is 32.0 Å². The Bertz CT molecular complexity index is 951. The molecule has 1 aliphatic heterocycles. The van der Waals surface area contributed by atoms with E-state index in [1.807, 2.05) is 49.4 Å². The maximum absolute atomic E-state index is 14.0. The van der Waals surface area contributed by atoms with Gasteiger partial charge in [0.25, 0.3) is 0 Å². The molecule has 0 aromatic heterocycles. The number of halogens is 2. The van der Waals surface area contributed by atoms with E-state index in [9.17, 15) is 13.6 Å². The molecule has 0 saturated carbocycles. The second-order valence-electron chi connectivity index (χ2n) is 7.31. The van der Waals surface area contributed by atoms with Crippen LogP contribution in [0.1, 0.15) is 24.5 Å². The smallest absolute Gasteiger partial charge is 0.322 e. The number of urea groups is 1. The maximum atomic E-state index is 14.0. The molecule has 2 N–H and O–H groups in total. The van der Waals surface area contributed by atoms with E-state index in [4.69, 9.17) is 0 Å². The summed E-state index contributed by atoms with van der Waals surface area (Å²) in [5.74, 6) is -1.31. The number of amides is 2. The third kappa shape index (κ3) is 3.38.